The Bertz CT molecular complexity index is 469. The lowest BCUT2D eigenvalue weighted by atomic mass is 10.1. The third-order valence-electron chi connectivity index (χ3n) is 3.59. The molecule has 0 bridgehead atoms. The van der Waals surface area contributed by atoms with Crippen molar-refractivity contribution in [1.82, 2.24) is 4.90 Å². The van der Waals surface area contributed by atoms with Crippen molar-refractivity contribution in [3.63, 3.8) is 0 Å². The van der Waals surface area contributed by atoms with Gasteiger partial charge in [-0.2, -0.15) is 0 Å². The number of carbonyl (C=O) groups is 1. The van der Waals surface area contributed by atoms with Gasteiger partial charge in [-0.05, 0) is 26.0 Å². The molecule has 0 radical (unpaired) electrons. The Morgan fingerprint density at radius 3 is 2.42 bits per heavy atom. The summed E-state index contributed by atoms with van der Waals surface area (Å²) < 4.78 is 0. The normalized spacial score (nSPS) is 16.9. The number of hydrogen-bond acceptors (Lipinski definition) is 3. The first-order valence-electron chi connectivity index (χ1n) is 6.51. The van der Waals surface area contributed by atoms with Crippen LogP contribution in [0.2, 0.25) is 5.02 Å². The summed E-state index contributed by atoms with van der Waals surface area (Å²) in [6.07, 6.45) is 0. The third kappa shape index (κ3) is 3.01. The summed E-state index contributed by atoms with van der Waals surface area (Å²) in [7, 11) is 0. The molecular weight excluding hydrogens is 264 g/mol. The monoisotopic (exact) mass is 282 g/mol. The van der Waals surface area contributed by atoms with Gasteiger partial charge < -0.3 is 10.0 Å². The molecule has 5 heteroatoms. The third-order valence-corrected chi connectivity index (χ3v) is 3.91. The van der Waals surface area contributed by atoms with Crippen LogP contribution in [0.3, 0.4) is 0 Å². The zero-order chi connectivity index (χ0) is 14.0. The topological polar surface area (TPSA) is 43.8 Å². The van der Waals surface area contributed by atoms with E-state index in [1.54, 1.807) is 12.1 Å². The first kappa shape index (κ1) is 14.2. The highest BCUT2D eigenvalue weighted by molar-refractivity contribution is 6.34. The van der Waals surface area contributed by atoms with Crippen molar-refractivity contribution in [3.05, 3.63) is 28.8 Å². The maximum atomic E-state index is 11.3. The van der Waals surface area contributed by atoms with E-state index in [4.69, 9.17) is 11.6 Å². The summed E-state index contributed by atoms with van der Waals surface area (Å²) in [6.45, 7) is 7.92. The van der Waals surface area contributed by atoms with Crippen LogP contribution in [-0.2, 0) is 0 Å². The molecule has 1 fully saturated rings. The SMILES string of the molecule is CC(C)N1CCN(c2cccc(Cl)c2C(=O)O)CC1. The van der Waals surface area contributed by atoms with Crippen LogP contribution in [0.25, 0.3) is 0 Å². The number of halogens is 1. The highest BCUT2D eigenvalue weighted by Gasteiger charge is 2.23. The maximum Gasteiger partial charge on any atom is 0.339 e. The molecule has 1 N–H and O–H groups in total. The van der Waals surface area contributed by atoms with Gasteiger partial charge in [0.25, 0.3) is 0 Å². The fourth-order valence-electron chi connectivity index (χ4n) is 2.47. The molecule has 1 heterocycles. The van der Waals surface area contributed by atoms with Gasteiger partial charge in [-0.3, -0.25) is 4.90 Å². The Hall–Kier alpha value is -1.26. The number of benzene rings is 1. The minimum Gasteiger partial charge on any atom is -0.478 e. The number of hydrogen-bond donors (Lipinski definition) is 1. The Labute approximate surface area is 118 Å². The Balaban J connectivity index is 2.20. The van der Waals surface area contributed by atoms with Gasteiger partial charge in [0.1, 0.15) is 5.56 Å². The van der Waals surface area contributed by atoms with E-state index in [0.29, 0.717) is 11.1 Å². The summed E-state index contributed by atoms with van der Waals surface area (Å²) in [5.41, 5.74) is 0.936. The van der Waals surface area contributed by atoms with Gasteiger partial charge in [-0.15, -0.1) is 0 Å². The minimum atomic E-state index is -0.966. The van der Waals surface area contributed by atoms with E-state index in [2.05, 4.69) is 23.6 Å². The van der Waals surface area contributed by atoms with Crippen LogP contribution < -0.4 is 4.90 Å². The lowest BCUT2D eigenvalue weighted by Crippen LogP contribution is -2.49. The number of nitrogens with zero attached hydrogens (tertiary/aromatic N) is 2. The number of carboxylic acid groups (broad SMARTS) is 1. The van der Waals surface area contributed by atoms with E-state index in [-0.39, 0.29) is 5.56 Å². The van der Waals surface area contributed by atoms with Gasteiger partial charge in [0.2, 0.25) is 0 Å². The van der Waals surface area contributed by atoms with Crippen LogP contribution in [0.15, 0.2) is 18.2 Å². The van der Waals surface area contributed by atoms with Gasteiger partial charge in [0.05, 0.1) is 10.7 Å². The smallest absolute Gasteiger partial charge is 0.339 e. The largest absolute Gasteiger partial charge is 0.478 e. The highest BCUT2D eigenvalue weighted by atomic mass is 35.5. The number of carboxylic acids is 1. The van der Waals surface area contributed by atoms with Crippen molar-refractivity contribution < 1.29 is 9.90 Å². The second-order valence-corrected chi connectivity index (χ2v) is 5.46. The van der Waals surface area contributed by atoms with Crippen LogP contribution >= 0.6 is 11.6 Å². The molecule has 1 aliphatic rings. The summed E-state index contributed by atoms with van der Waals surface area (Å²) in [5, 5.41) is 9.60. The molecule has 0 aliphatic carbocycles. The molecule has 1 aromatic carbocycles. The van der Waals surface area contributed by atoms with E-state index < -0.39 is 5.97 Å². The van der Waals surface area contributed by atoms with Crippen molar-refractivity contribution >= 4 is 23.3 Å². The van der Waals surface area contributed by atoms with E-state index in [1.165, 1.54) is 0 Å². The Morgan fingerprint density at radius 1 is 1.26 bits per heavy atom. The lowest BCUT2D eigenvalue weighted by molar-refractivity contribution is 0.0697. The minimum absolute atomic E-state index is 0.210. The molecule has 4 nitrogen and oxygen atoms in total. The first-order valence-corrected chi connectivity index (χ1v) is 6.89. The molecule has 0 amide bonds. The molecule has 0 unspecified atom stereocenters. The summed E-state index contributed by atoms with van der Waals surface area (Å²) in [4.78, 5) is 15.8. The van der Waals surface area contributed by atoms with Gasteiger partial charge in [-0.25, -0.2) is 4.79 Å². The van der Waals surface area contributed by atoms with Gasteiger partial charge in [0.15, 0.2) is 0 Å². The quantitative estimate of drug-likeness (QED) is 0.925. The first-order chi connectivity index (χ1) is 9.00. The van der Waals surface area contributed by atoms with Crippen molar-refractivity contribution in [2.75, 3.05) is 31.1 Å². The second kappa shape index (κ2) is 5.80. The van der Waals surface area contributed by atoms with Gasteiger partial charge in [0, 0.05) is 32.2 Å². The van der Waals surface area contributed by atoms with Crippen LogP contribution in [0, 0.1) is 0 Å². The molecule has 0 atom stereocenters. The van der Waals surface area contributed by atoms with Gasteiger partial charge >= 0.3 is 5.97 Å². The molecule has 1 aromatic rings. The van der Waals surface area contributed by atoms with Crippen molar-refractivity contribution in [1.29, 1.82) is 0 Å². The van der Waals surface area contributed by atoms with Crippen molar-refractivity contribution in [3.8, 4) is 0 Å². The molecule has 104 valence electrons. The van der Waals surface area contributed by atoms with Crippen LogP contribution in [0.4, 0.5) is 5.69 Å². The molecule has 0 saturated carbocycles. The Morgan fingerprint density at radius 2 is 1.89 bits per heavy atom. The van der Waals surface area contributed by atoms with E-state index in [1.807, 2.05) is 6.07 Å². The zero-order valence-electron chi connectivity index (χ0n) is 11.3. The fourth-order valence-corrected chi connectivity index (χ4v) is 2.72. The van der Waals surface area contributed by atoms with Gasteiger partial charge in [-0.1, -0.05) is 17.7 Å². The Kier molecular flexibility index (Phi) is 4.32. The zero-order valence-corrected chi connectivity index (χ0v) is 12.0. The molecule has 19 heavy (non-hydrogen) atoms. The lowest BCUT2D eigenvalue weighted by Gasteiger charge is -2.38. The van der Waals surface area contributed by atoms with E-state index >= 15 is 0 Å². The average molecular weight is 283 g/mol. The summed E-state index contributed by atoms with van der Waals surface area (Å²) in [5.74, 6) is -0.966. The molecule has 0 spiro atoms. The number of anilines is 1. The molecule has 2 rings (SSSR count). The van der Waals surface area contributed by atoms with E-state index in [0.717, 1.165) is 31.9 Å². The van der Waals surface area contributed by atoms with Crippen molar-refractivity contribution in [2.24, 2.45) is 0 Å². The number of rotatable bonds is 3. The number of aromatic carboxylic acids is 1. The summed E-state index contributed by atoms with van der Waals surface area (Å²) >= 11 is 6.00. The highest BCUT2D eigenvalue weighted by Crippen LogP contribution is 2.28. The average Bonchev–Trinajstić information content (AvgIpc) is 2.38. The number of piperazine rings is 1. The van der Waals surface area contributed by atoms with Crippen LogP contribution in [-0.4, -0.2) is 48.2 Å². The fraction of sp³-hybridized carbons (Fsp3) is 0.500. The molecule has 1 aliphatic heterocycles. The predicted molar refractivity (Wildman–Crippen MR) is 77.3 cm³/mol. The maximum absolute atomic E-state index is 11.3. The summed E-state index contributed by atoms with van der Waals surface area (Å²) in [6, 6.07) is 5.79. The van der Waals surface area contributed by atoms with Crippen molar-refractivity contribution in [2.45, 2.75) is 19.9 Å². The van der Waals surface area contributed by atoms with E-state index in [9.17, 15) is 9.90 Å². The molecule has 1 saturated heterocycles. The second-order valence-electron chi connectivity index (χ2n) is 5.06. The predicted octanol–water partition coefficient (Wildman–Crippen LogP) is 2.57. The molecular formula is C14H19ClN2O2. The molecule has 0 aromatic heterocycles. The van der Waals surface area contributed by atoms with Crippen LogP contribution in [0.1, 0.15) is 24.2 Å². The van der Waals surface area contributed by atoms with Crippen LogP contribution in [0.5, 0.6) is 0 Å². The standard InChI is InChI=1S/C14H19ClN2O2/c1-10(2)16-6-8-17(9-7-16)12-5-3-4-11(15)13(12)14(18)19/h3-5,10H,6-9H2,1-2H3,(H,18,19).